The number of carbonyl (C=O) groups excluding carboxylic acids is 1. The Morgan fingerprint density at radius 2 is 2.12 bits per heavy atom. The van der Waals surface area contributed by atoms with E-state index in [0.717, 1.165) is 13.1 Å². The minimum atomic E-state index is -0.139. The molecule has 1 atom stereocenters. The van der Waals surface area contributed by atoms with E-state index in [1.54, 1.807) is 0 Å². The van der Waals surface area contributed by atoms with E-state index in [9.17, 15) is 4.79 Å². The van der Waals surface area contributed by atoms with Gasteiger partial charge in [-0.1, -0.05) is 6.92 Å². The number of carbonyl (C=O) groups is 1. The zero-order valence-corrected chi connectivity index (χ0v) is 10.5. The first-order valence-electron chi connectivity index (χ1n) is 6.22. The number of nitrogens with zero attached hydrogens (tertiary/aromatic N) is 1. The quantitative estimate of drug-likeness (QED) is 0.518. The molecular weight excluding hydrogens is 204 g/mol. The second-order valence-corrected chi connectivity index (χ2v) is 4.64. The van der Waals surface area contributed by atoms with Gasteiger partial charge in [0.2, 0.25) is 0 Å². The summed E-state index contributed by atoms with van der Waals surface area (Å²) in [4.78, 5) is 13.4. The maximum atomic E-state index is 10.9. The van der Waals surface area contributed by atoms with Crippen LogP contribution in [0.4, 0.5) is 0 Å². The molecule has 0 aromatic rings. The summed E-state index contributed by atoms with van der Waals surface area (Å²) in [5.74, 6) is 0.510. The van der Waals surface area contributed by atoms with Gasteiger partial charge < -0.3 is 15.0 Å². The number of methoxy groups -OCH3 is 1. The molecule has 1 saturated heterocycles. The minimum Gasteiger partial charge on any atom is -0.469 e. The second-order valence-electron chi connectivity index (χ2n) is 4.64. The third-order valence-corrected chi connectivity index (χ3v) is 2.99. The van der Waals surface area contributed by atoms with Crippen LogP contribution >= 0.6 is 0 Å². The molecule has 1 rings (SSSR count). The van der Waals surface area contributed by atoms with Gasteiger partial charge in [0.15, 0.2) is 0 Å². The molecule has 1 fully saturated rings. The molecule has 0 amide bonds. The van der Waals surface area contributed by atoms with E-state index in [2.05, 4.69) is 21.9 Å². The zero-order valence-electron chi connectivity index (χ0n) is 10.5. The SMILES string of the molecule is COC(=O)CCNCC(C)CN1CCCC1. The van der Waals surface area contributed by atoms with E-state index in [0.29, 0.717) is 12.3 Å². The molecule has 0 spiro atoms. The first kappa shape index (κ1) is 13.5. The van der Waals surface area contributed by atoms with Crippen molar-refractivity contribution in [3.63, 3.8) is 0 Å². The molecule has 0 bridgehead atoms. The van der Waals surface area contributed by atoms with Crippen LogP contribution < -0.4 is 5.32 Å². The van der Waals surface area contributed by atoms with Crippen LogP contribution in [0.5, 0.6) is 0 Å². The normalized spacial score (nSPS) is 18.6. The predicted octanol–water partition coefficient (Wildman–Crippen LogP) is 0.871. The summed E-state index contributed by atoms with van der Waals surface area (Å²) in [5, 5.41) is 3.30. The van der Waals surface area contributed by atoms with Crippen LogP contribution in [0.3, 0.4) is 0 Å². The van der Waals surface area contributed by atoms with Crippen LogP contribution in [-0.2, 0) is 9.53 Å². The van der Waals surface area contributed by atoms with Crippen molar-refractivity contribution >= 4 is 5.97 Å². The number of hydrogen-bond acceptors (Lipinski definition) is 4. The highest BCUT2D eigenvalue weighted by Gasteiger charge is 2.14. The molecule has 0 saturated carbocycles. The van der Waals surface area contributed by atoms with E-state index in [-0.39, 0.29) is 5.97 Å². The van der Waals surface area contributed by atoms with Crippen molar-refractivity contribution in [2.24, 2.45) is 5.92 Å². The molecular formula is C12H24N2O2. The number of nitrogens with one attached hydrogen (secondary N) is 1. The van der Waals surface area contributed by atoms with Crippen molar-refractivity contribution in [3.8, 4) is 0 Å². The van der Waals surface area contributed by atoms with Crippen molar-refractivity contribution in [2.75, 3.05) is 39.8 Å². The standard InChI is InChI=1S/C12H24N2O2/c1-11(10-14-7-3-4-8-14)9-13-6-5-12(15)16-2/h11,13H,3-10H2,1-2H3. The molecule has 0 aliphatic carbocycles. The van der Waals surface area contributed by atoms with E-state index >= 15 is 0 Å². The number of rotatable bonds is 7. The van der Waals surface area contributed by atoms with E-state index in [4.69, 9.17) is 0 Å². The average Bonchev–Trinajstić information content (AvgIpc) is 2.76. The van der Waals surface area contributed by atoms with Crippen LogP contribution in [0.15, 0.2) is 0 Å². The first-order chi connectivity index (χ1) is 7.72. The third kappa shape index (κ3) is 5.47. The van der Waals surface area contributed by atoms with Crippen LogP contribution in [0.2, 0.25) is 0 Å². The molecule has 1 aliphatic rings. The van der Waals surface area contributed by atoms with E-state index in [1.165, 1.54) is 39.6 Å². The highest BCUT2D eigenvalue weighted by atomic mass is 16.5. The number of esters is 1. The molecule has 0 aromatic heterocycles. The van der Waals surface area contributed by atoms with Gasteiger partial charge in [-0.05, 0) is 38.4 Å². The lowest BCUT2D eigenvalue weighted by Gasteiger charge is -2.20. The molecule has 1 unspecified atom stereocenters. The minimum absolute atomic E-state index is 0.139. The van der Waals surface area contributed by atoms with Gasteiger partial charge in [0.25, 0.3) is 0 Å². The number of hydrogen-bond donors (Lipinski definition) is 1. The van der Waals surface area contributed by atoms with Crippen LogP contribution in [0.25, 0.3) is 0 Å². The largest absolute Gasteiger partial charge is 0.469 e. The molecule has 1 N–H and O–H groups in total. The van der Waals surface area contributed by atoms with Gasteiger partial charge in [0.05, 0.1) is 13.5 Å². The van der Waals surface area contributed by atoms with Gasteiger partial charge in [0, 0.05) is 13.1 Å². The molecule has 0 radical (unpaired) electrons. The summed E-state index contributed by atoms with van der Waals surface area (Å²) in [6.07, 6.45) is 3.16. The third-order valence-electron chi connectivity index (χ3n) is 2.99. The Hall–Kier alpha value is -0.610. The summed E-state index contributed by atoms with van der Waals surface area (Å²) >= 11 is 0. The summed E-state index contributed by atoms with van der Waals surface area (Å²) in [6.45, 7) is 7.64. The number of likely N-dealkylation sites (tertiary alicyclic amines) is 1. The summed E-state index contributed by atoms with van der Waals surface area (Å²) < 4.78 is 4.58. The van der Waals surface area contributed by atoms with Gasteiger partial charge in [0.1, 0.15) is 0 Å². The van der Waals surface area contributed by atoms with Crippen molar-refractivity contribution in [1.29, 1.82) is 0 Å². The monoisotopic (exact) mass is 228 g/mol. The summed E-state index contributed by atoms with van der Waals surface area (Å²) in [6, 6.07) is 0. The molecule has 1 aliphatic heterocycles. The Morgan fingerprint density at radius 3 is 2.75 bits per heavy atom. The van der Waals surface area contributed by atoms with Gasteiger partial charge in [-0.15, -0.1) is 0 Å². The average molecular weight is 228 g/mol. The summed E-state index contributed by atoms with van der Waals surface area (Å²) in [5.41, 5.74) is 0. The van der Waals surface area contributed by atoms with E-state index in [1.807, 2.05) is 0 Å². The molecule has 4 heteroatoms. The van der Waals surface area contributed by atoms with E-state index < -0.39 is 0 Å². The topological polar surface area (TPSA) is 41.6 Å². The van der Waals surface area contributed by atoms with Crippen LogP contribution in [0.1, 0.15) is 26.2 Å². The van der Waals surface area contributed by atoms with Gasteiger partial charge in [-0.3, -0.25) is 4.79 Å². The summed E-state index contributed by atoms with van der Waals surface area (Å²) in [7, 11) is 1.43. The smallest absolute Gasteiger partial charge is 0.306 e. The highest BCUT2D eigenvalue weighted by Crippen LogP contribution is 2.09. The lowest BCUT2D eigenvalue weighted by atomic mass is 10.1. The molecule has 4 nitrogen and oxygen atoms in total. The van der Waals surface area contributed by atoms with Crippen molar-refractivity contribution in [2.45, 2.75) is 26.2 Å². The number of ether oxygens (including phenoxy) is 1. The van der Waals surface area contributed by atoms with Crippen molar-refractivity contribution in [3.05, 3.63) is 0 Å². The van der Waals surface area contributed by atoms with Crippen LogP contribution in [-0.4, -0.2) is 50.7 Å². The Labute approximate surface area is 98.3 Å². The lowest BCUT2D eigenvalue weighted by Crippen LogP contribution is -2.32. The molecule has 0 aromatic carbocycles. The Morgan fingerprint density at radius 1 is 1.44 bits per heavy atom. The molecule has 94 valence electrons. The molecule has 16 heavy (non-hydrogen) atoms. The van der Waals surface area contributed by atoms with Crippen LogP contribution in [0, 0.1) is 5.92 Å². The predicted molar refractivity (Wildman–Crippen MR) is 64.3 cm³/mol. The Kier molecular flexibility index (Phi) is 6.42. The highest BCUT2D eigenvalue weighted by molar-refractivity contribution is 5.69. The fraction of sp³-hybridized carbons (Fsp3) is 0.917. The van der Waals surface area contributed by atoms with Gasteiger partial charge in [-0.2, -0.15) is 0 Å². The first-order valence-corrected chi connectivity index (χ1v) is 6.22. The second kappa shape index (κ2) is 7.63. The Balaban J connectivity index is 1.97. The Bertz CT molecular complexity index is 203. The fourth-order valence-electron chi connectivity index (χ4n) is 2.11. The van der Waals surface area contributed by atoms with Gasteiger partial charge >= 0.3 is 5.97 Å². The van der Waals surface area contributed by atoms with Gasteiger partial charge in [-0.25, -0.2) is 0 Å². The maximum absolute atomic E-state index is 10.9. The lowest BCUT2D eigenvalue weighted by molar-refractivity contribution is -0.140. The fourth-order valence-corrected chi connectivity index (χ4v) is 2.11. The molecule has 1 heterocycles. The maximum Gasteiger partial charge on any atom is 0.306 e. The zero-order chi connectivity index (χ0) is 11.8. The van der Waals surface area contributed by atoms with Crippen molar-refractivity contribution < 1.29 is 9.53 Å². The van der Waals surface area contributed by atoms with Crippen molar-refractivity contribution in [1.82, 2.24) is 10.2 Å².